The Kier molecular flexibility index (Phi) is 4.98. The Labute approximate surface area is 183 Å². The molecule has 0 atom stereocenters. The number of aromatic nitrogens is 3. The van der Waals surface area contributed by atoms with Crippen molar-refractivity contribution in [3.05, 3.63) is 65.4 Å². The van der Waals surface area contributed by atoms with Crippen molar-refractivity contribution >= 4 is 16.7 Å². The number of nitrogens with one attached hydrogen (secondary N) is 1. The smallest absolute Gasteiger partial charge is 0.160 e. The highest BCUT2D eigenvalue weighted by molar-refractivity contribution is 5.95. The van der Waals surface area contributed by atoms with Gasteiger partial charge in [-0.2, -0.15) is 0 Å². The van der Waals surface area contributed by atoms with Crippen LogP contribution in [0.4, 0.5) is 5.69 Å². The summed E-state index contributed by atoms with van der Waals surface area (Å²) in [5.41, 5.74) is 10.4. The lowest BCUT2D eigenvalue weighted by Gasteiger charge is -2.36. The Bertz CT molecular complexity index is 1220. The summed E-state index contributed by atoms with van der Waals surface area (Å²) in [4.78, 5) is 8.19. The van der Waals surface area contributed by atoms with Crippen LogP contribution >= 0.6 is 0 Å². The zero-order valence-corrected chi connectivity index (χ0v) is 18.7. The first-order valence-corrected chi connectivity index (χ1v) is 11.0. The second kappa shape index (κ2) is 7.82. The Morgan fingerprint density at radius 1 is 0.839 bits per heavy atom. The largest absolute Gasteiger partial charge is 0.369 e. The minimum Gasteiger partial charge on any atom is -0.369 e. The first-order valence-electron chi connectivity index (χ1n) is 11.0. The molecule has 2 aromatic carbocycles. The number of H-pyrrole nitrogens is 1. The van der Waals surface area contributed by atoms with Gasteiger partial charge in [-0.15, -0.1) is 10.2 Å². The van der Waals surface area contributed by atoms with Gasteiger partial charge in [-0.3, -0.25) is 0 Å². The van der Waals surface area contributed by atoms with Gasteiger partial charge in [-0.05, 0) is 62.7 Å². The maximum Gasteiger partial charge on any atom is 0.160 e. The fraction of sp³-hybridized carbons (Fsp3) is 0.308. The minimum absolute atomic E-state index is 0.822. The van der Waals surface area contributed by atoms with Crippen LogP contribution < -0.4 is 4.90 Å². The molecule has 1 aliphatic heterocycles. The van der Waals surface area contributed by atoms with Crippen LogP contribution in [0, 0.1) is 20.8 Å². The molecule has 1 aliphatic rings. The van der Waals surface area contributed by atoms with Gasteiger partial charge >= 0.3 is 0 Å². The molecule has 0 amide bonds. The van der Waals surface area contributed by atoms with Crippen LogP contribution in [0.25, 0.3) is 33.4 Å². The molecule has 0 saturated carbocycles. The number of rotatable bonds is 3. The molecule has 0 radical (unpaired) electrons. The highest BCUT2D eigenvalue weighted by Gasteiger charge is 2.19. The molecule has 2 aromatic heterocycles. The van der Waals surface area contributed by atoms with Crippen LogP contribution in [0.2, 0.25) is 0 Å². The van der Waals surface area contributed by atoms with Gasteiger partial charge < -0.3 is 14.8 Å². The lowest BCUT2D eigenvalue weighted by atomic mass is 9.99. The Morgan fingerprint density at radius 3 is 2.29 bits per heavy atom. The van der Waals surface area contributed by atoms with Gasteiger partial charge in [0.2, 0.25) is 0 Å². The van der Waals surface area contributed by atoms with E-state index in [4.69, 9.17) is 0 Å². The van der Waals surface area contributed by atoms with E-state index in [2.05, 4.69) is 95.3 Å². The van der Waals surface area contributed by atoms with E-state index >= 15 is 0 Å². The standard InChI is InChI=1S/C26H29N5/c1-17-6-5-7-20(12-17)23-16-27-26-22(23)15-24(28-29-26)21-13-18(2)25(19(3)14-21)31-10-8-30(4)9-11-31/h5-7,12-16H,8-11H2,1-4H3,(H,27,29). The van der Waals surface area contributed by atoms with Crippen molar-refractivity contribution in [1.82, 2.24) is 20.1 Å². The van der Waals surface area contributed by atoms with E-state index in [1.165, 1.54) is 27.9 Å². The van der Waals surface area contributed by atoms with Gasteiger partial charge in [-0.25, -0.2) is 0 Å². The normalized spacial score (nSPS) is 15.0. The van der Waals surface area contributed by atoms with Crippen molar-refractivity contribution in [3.8, 4) is 22.4 Å². The molecule has 31 heavy (non-hydrogen) atoms. The van der Waals surface area contributed by atoms with E-state index in [0.717, 1.165) is 54.0 Å². The highest BCUT2D eigenvalue weighted by Crippen LogP contribution is 2.34. The van der Waals surface area contributed by atoms with Gasteiger partial charge in [0.25, 0.3) is 0 Å². The molecule has 0 bridgehead atoms. The number of piperazine rings is 1. The average Bonchev–Trinajstić information content (AvgIpc) is 3.18. The number of nitrogens with zero attached hydrogens (tertiary/aromatic N) is 4. The maximum atomic E-state index is 4.53. The van der Waals surface area contributed by atoms with Crippen molar-refractivity contribution in [2.45, 2.75) is 20.8 Å². The van der Waals surface area contributed by atoms with E-state index in [1.807, 2.05) is 6.20 Å². The number of hydrogen-bond acceptors (Lipinski definition) is 4. The van der Waals surface area contributed by atoms with Crippen LogP contribution in [-0.4, -0.2) is 53.3 Å². The molecule has 1 N–H and O–H groups in total. The van der Waals surface area contributed by atoms with Gasteiger partial charge in [-0.1, -0.05) is 29.8 Å². The highest BCUT2D eigenvalue weighted by atomic mass is 15.2. The first kappa shape index (κ1) is 19.8. The molecular weight excluding hydrogens is 382 g/mol. The van der Waals surface area contributed by atoms with E-state index in [1.54, 1.807) is 0 Å². The summed E-state index contributed by atoms with van der Waals surface area (Å²) in [6.07, 6.45) is 2.03. The third kappa shape index (κ3) is 3.70. The summed E-state index contributed by atoms with van der Waals surface area (Å²) in [6, 6.07) is 15.3. The zero-order valence-electron chi connectivity index (χ0n) is 18.7. The van der Waals surface area contributed by atoms with Crippen LogP contribution in [-0.2, 0) is 0 Å². The predicted molar refractivity (Wildman–Crippen MR) is 129 cm³/mol. The van der Waals surface area contributed by atoms with Crippen molar-refractivity contribution in [2.75, 3.05) is 38.1 Å². The van der Waals surface area contributed by atoms with Crippen LogP contribution in [0.15, 0.2) is 48.7 Å². The minimum atomic E-state index is 0.822. The number of aryl methyl sites for hydroxylation is 3. The molecule has 1 fully saturated rings. The number of fused-ring (bicyclic) bond motifs is 1. The summed E-state index contributed by atoms with van der Waals surface area (Å²) < 4.78 is 0. The van der Waals surface area contributed by atoms with E-state index < -0.39 is 0 Å². The molecule has 0 unspecified atom stereocenters. The third-order valence-corrected chi connectivity index (χ3v) is 6.37. The van der Waals surface area contributed by atoms with Crippen LogP contribution in [0.3, 0.4) is 0 Å². The molecule has 1 saturated heterocycles. The fourth-order valence-corrected chi connectivity index (χ4v) is 4.75. The summed E-state index contributed by atoms with van der Waals surface area (Å²) >= 11 is 0. The predicted octanol–water partition coefficient (Wildman–Crippen LogP) is 4.97. The number of benzene rings is 2. The summed E-state index contributed by atoms with van der Waals surface area (Å²) in [6.45, 7) is 10.9. The number of likely N-dealkylation sites (N-methyl/N-ethyl adjacent to an activating group) is 1. The number of hydrogen-bond donors (Lipinski definition) is 1. The quantitative estimate of drug-likeness (QED) is 0.517. The van der Waals surface area contributed by atoms with E-state index in [0.29, 0.717) is 0 Å². The molecule has 0 aliphatic carbocycles. The Hall–Kier alpha value is -3.18. The summed E-state index contributed by atoms with van der Waals surface area (Å²) in [5.74, 6) is 0. The zero-order chi connectivity index (χ0) is 21.5. The van der Waals surface area contributed by atoms with E-state index in [9.17, 15) is 0 Å². The molecule has 3 heterocycles. The van der Waals surface area contributed by atoms with Crippen molar-refractivity contribution in [2.24, 2.45) is 0 Å². The topological polar surface area (TPSA) is 48.1 Å². The lowest BCUT2D eigenvalue weighted by molar-refractivity contribution is 0.312. The molecule has 0 spiro atoms. The van der Waals surface area contributed by atoms with Crippen molar-refractivity contribution in [1.29, 1.82) is 0 Å². The van der Waals surface area contributed by atoms with E-state index in [-0.39, 0.29) is 0 Å². The second-order valence-corrected chi connectivity index (χ2v) is 8.81. The Morgan fingerprint density at radius 2 is 1.58 bits per heavy atom. The molecule has 5 rings (SSSR count). The summed E-state index contributed by atoms with van der Waals surface area (Å²) in [5, 5.41) is 10.1. The molecule has 158 valence electrons. The second-order valence-electron chi connectivity index (χ2n) is 8.81. The van der Waals surface area contributed by atoms with Crippen LogP contribution in [0.1, 0.15) is 16.7 Å². The summed E-state index contributed by atoms with van der Waals surface area (Å²) in [7, 11) is 2.20. The number of anilines is 1. The maximum absolute atomic E-state index is 4.53. The van der Waals surface area contributed by atoms with Crippen LogP contribution in [0.5, 0.6) is 0 Å². The number of aromatic amines is 1. The van der Waals surface area contributed by atoms with Crippen molar-refractivity contribution in [3.63, 3.8) is 0 Å². The van der Waals surface area contributed by atoms with Gasteiger partial charge in [0.15, 0.2) is 5.65 Å². The monoisotopic (exact) mass is 411 g/mol. The lowest BCUT2D eigenvalue weighted by Crippen LogP contribution is -2.45. The molecule has 5 nitrogen and oxygen atoms in total. The van der Waals surface area contributed by atoms with Gasteiger partial charge in [0, 0.05) is 54.6 Å². The molecule has 4 aromatic rings. The first-order chi connectivity index (χ1) is 15.0. The fourth-order valence-electron chi connectivity index (χ4n) is 4.75. The molecule has 5 heteroatoms. The van der Waals surface area contributed by atoms with Gasteiger partial charge in [0.05, 0.1) is 5.69 Å². The third-order valence-electron chi connectivity index (χ3n) is 6.37. The van der Waals surface area contributed by atoms with Crippen molar-refractivity contribution < 1.29 is 0 Å². The van der Waals surface area contributed by atoms with Gasteiger partial charge in [0.1, 0.15) is 0 Å². The molecular formula is C26H29N5. The average molecular weight is 412 g/mol. The SMILES string of the molecule is Cc1cccc(-c2c[nH]c3nnc(-c4cc(C)c(N5CCN(C)CC5)c(C)c4)cc23)c1. The Balaban J connectivity index is 1.54.